The zero-order valence-electron chi connectivity index (χ0n) is 18.2. The van der Waals surface area contributed by atoms with Gasteiger partial charge >= 0.3 is 0 Å². The third kappa shape index (κ3) is 4.44. The highest BCUT2D eigenvalue weighted by atomic mass is 32.2. The molecule has 9 heteroatoms. The number of rotatable bonds is 5. The summed E-state index contributed by atoms with van der Waals surface area (Å²) in [4.78, 5) is 29.9. The second-order valence-corrected chi connectivity index (χ2v) is 10.1. The van der Waals surface area contributed by atoms with E-state index in [1.54, 1.807) is 31.2 Å². The van der Waals surface area contributed by atoms with Gasteiger partial charge in [0.15, 0.2) is 0 Å². The van der Waals surface area contributed by atoms with Crippen molar-refractivity contribution in [1.82, 2.24) is 13.9 Å². The van der Waals surface area contributed by atoms with E-state index in [1.807, 2.05) is 13.0 Å². The monoisotopic (exact) mass is 454 g/mol. The van der Waals surface area contributed by atoms with Crippen LogP contribution in [-0.2, 0) is 21.4 Å². The second-order valence-electron chi connectivity index (χ2n) is 8.19. The maximum atomic E-state index is 13.0. The van der Waals surface area contributed by atoms with Gasteiger partial charge in [-0.25, -0.2) is 13.4 Å². The summed E-state index contributed by atoms with van der Waals surface area (Å²) in [6, 6.07) is 10.1. The van der Waals surface area contributed by atoms with Crippen molar-refractivity contribution >= 4 is 32.5 Å². The summed E-state index contributed by atoms with van der Waals surface area (Å²) >= 11 is 0. The van der Waals surface area contributed by atoms with Crippen molar-refractivity contribution in [3.63, 3.8) is 0 Å². The van der Waals surface area contributed by atoms with Crippen LogP contribution in [0.4, 0.5) is 5.69 Å². The quantitative estimate of drug-likeness (QED) is 0.639. The lowest BCUT2D eigenvalue weighted by Crippen LogP contribution is -2.35. The smallest absolute Gasteiger partial charge is 0.261 e. The molecule has 0 bridgehead atoms. The molecule has 1 amide bonds. The number of sulfonamides is 1. The molecular weight excluding hydrogens is 428 g/mol. The molecule has 0 spiro atoms. The molecule has 32 heavy (non-hydrogen) atoms. The Bertz CT molecular complexity index is 1340. The molecule has 4 rings (SSSR count). The first kappa shape index (κ1) is 22.2. The zero-order valence-corrected chi connectivity index (χ0v) is 19.0. The molecule has 0 aliphatic carbocycles. The Balaban J connectivity index is 1.56. The minimum absolute atomic E-state index is 0.153. The van der Waals surface area contributed by atoms with Crippen LogP contribution in [0.3, 0.4) is 0 Å². The third-order valence-corrected chi connectivity index (χ3v) is 7.62. The Morgan fingerprint density at radius 3 is 2.56 bits per heavy atom. The van der Waals surface area contributed by atoms with Gasteiger partial charge in [-0.05, 0) is 56.5 Å². The number of carbonyl (C=O) groups is 1. The Hall–Kier alpha value is -3.04. The van der Waals surface area contributed by atoms with Crippen LogP contribution in [0.15, 0.2) is 52.4 Å². The molecular formula is C23H26N4O4S. The van der Waals surface area contributed by atoms with Crippen LogP contribution in [0, 0.1) is 13.8 Å². The van der Waals surface area contributed by atoms with Crippen molar-refractivity contribution in [3.05, 3.63) is 64.2 Å². The van der Waals surface area contributed by atoms with Gasteiger partial charge in [0.2, 0.25) is 15.9 Å². The average molecular weight is 455 g/mol. The minimum atomic E-state index is -3.61. The van der Waals surface area contributed by atoms with E-state index in [1.165, 1.54) is 21.3 Å². The predicted molar refractivity (Wildman–Crippen MR) is 123 cm³/mol. The standard InChI is InChI=1S/C23H26N4O4S/c1-16-6-9-20-19(12-16)23(29)26(15-24-20)14-22(28)25-21-13-18(8-7-17(21)2)32(30,31)27-10-4-3-5-11-27/h6-9,12-13,15H,3-5,10-11,14H2,1-2H3,(H,25,28). The predicted octanol–water partition coefficient (Wildman–Crippen LogP) is 2.83. The Labute approximate surface area is 186 Å². The average Bonchev–Trinajstić information content (AvgIpc) is 2.78. The van der Waals surface area contributed by atoms with Gasteiger partial charge < -0.3 is 5.32 Å². The zero-order chi connectivity index (χ0) is 22.9. The van der Waals surface area contributed by atoms with Crippen LogP contribution < -0.4 is 10.9 Å². The number of nitrogens with zero attached hydrogens (tertiary/aromatic N) is 3. The number of carbonyl (C=O) groups excluding carboxylic acids is 1. The third-order valence-electron chi connectivity index (χ3n) is 5.73. The number of aromatic nitrogens is 2. The number of hydrogen-bond donors (Lipinski definition) is 1. The molecule has 2 aromatic carbocycles. The first-order chi connectivity index (χ1) is 15.3. The van der Waals surface area contributed by atoms with Crippen molar-refractivity contribution in [2.75, 3.05) is 18.4 Å². The first-order valence-corrected chi connectivity index (χ1v) is 12.1. The summed E-state index contributed by atoms with van der Waals surface area (Å²) in [5, 5.41) is 3.20. The highest BCUT2D eigenvalue weighted by Gasteiger charge is 2.26. The van der Waals surface area contributed by atoms with Crippen molar-refractivity contribution in [2.24, 2.45) is 0 Å². The lowest BCUT2D eigenvalue weighted by Gasteiger charge is -2.26. The number of amides is 1. The van der Waals surface area contributed by atoms with E-state index in [9.17, 15) is 18.0 Å². The normalized spacial score (nSPS) is 15.1. The van der Waals surface area contributed by atoms with Gasteiger partial charge in [-0.3, -0.25) is 14.2 Å². The van der Waals surface area contributed by atoms with E-state index in [0.717, 1.165) is 30.4 Å². The fraction of sp³-hybridized carbons (Fsp3) is 0.348. The van der Waals surface area contributed by atoms with Crippen LogP contribution in [0.1, 0.15) is 30.4 Å². The van der Waals surface area contributed by atoms with Crippen LogP contribution >= 0.6 is 0 Å². The van der Waals surface area contributed by atoms with Crippen LogP contribution in [0.25, 0.3) is 10.9 Å². The van der Waals surface area contributed by atoms with Gasteiger partial charge in [0, 0.05) is 18.8 Å². The van der Waals surface area contributed by atoms with Crippen LogP contribution in [0.2, 0.25) is 0 Å². The topological polar surface area (TPSA) is 101 Å². The number of aryl methyl sites for hydroxylation is 2. The SMILES string of the molecule is Cc1ccc2ncn(CC(=O)Nc3cc(S(=O)(=O)N4CCCCC4)ccc3C)c(=O)c2c1. The molecule has 0 unspecified atom stereocenters. The molecule has 1 saturated heterocycles. The van der Waals surface area contributed by atoms with E-state index in [-0.39, 0.29) is 17.0 Å². The van der Waals surface area contributed by atoms with Gasteiger partial charge in [-0.15, -0.1) is 0 Å². The van der Waals surface area contributed by atoms with Gasteiger partial charge in [0.25, 0.3) is 5.56 Å². The maximum Gasteiger partial charge on any atom is 0.261 e. The number of piperidine rings is 1. The molecule has 1 aliphatic heterocycles. The maximum absolute atomic E-state index is 13.0. The van der Waals surface area contributed by atoms with Crippen molar-refractivity contribution in [3.8, 4) is 0 Å². The molecule has 1 aliphatic rings. The summed E-state index contributed by atoms with van der Waals surface area (Å²) in [7, 11) is -3.61. The van der Waals surface area contributed by atoms with Crippen LogP contribution in [0.5, 0.6) is 0 Å². The highest BCUT2D eigenvalue weighted by Crippen LogP contribution is 2.25. The Kier molecular flexibility index (Phi) is 6.12. The van der Waals surface area contributed by atoms with E-state index in [0.29, 0.717) is 29.7 Å². The molecule has 0 saturated carbocycles. The molecule has 0 radical (unpaired) electrons. The fourth-order valence-electron chi connectivity index (χ4n) is 3.88. The largest absolute Gasteiger partial charge is 0.324 e. The molecule has 168 valence electrons. The van der Waals surface area contributed by atoms with Crippen LogP contribution in [-0.4, -0.2) is 41.3 Å². The number of benzene rings is 2. The first-order valence-electron chi connectivity index (χ1n) is 10.6. The lowest BCUT2D eigenvalue weighted by atomic mass is 10.2. The molecule has 1 fully saturated rings. The van der Waals surface area contributed by atoms with Gasteiger partial charge in [-0.1, -0.05) is 24.1 Å². The number of hydrogen-bond acceptors (Lipinski definition) is 5. The summed E-state index contributed by atoms with van der Waals surface area (Å²) in [6.45, 7) is 4.47. The van der Waals surface area contributed by atoms with Crippen molar-refractivity contribution in [1.29, 1.82) is 0 Å². The highest BCUT2D eigenvalue weighted by molar-refractivity contribution is 7.89. The van der Waals surface area contributed by atoms with Gasteiger partial charge in [-0.2, -0.15) is 4.31 Å². The van der Waals surface area contributed by atoms with E-state index in [4.69, 9.17) is 0 Å². The summed E-state index contributed by atoms with van der Waals surface area (Å²) in [5.41, 5.74) is 2.35. The molecule has 1 aromatic heterocycles. The number of anilines is 1. The number of fused-ring (bicyclic) bond motifs is 1. The van der Waals surface area contributed by atoms with E-state index in [2.05, 4.69) is 10.3 Å². The Morgan fingerprint density at radius 1 is 1.06 bits per heavy atom. The molecule has 0 atom stereocenters. The van der Waals surface area contributed by atoms with E-state index < -0.39 is 15.9 Å². The molecule has 2 heterocycles. The lowest BCUT2D eigenvalue weighted by molar-refractivity contribution is -0.116. The minimum Gasteiger partial charge on any atom is -0.324 e. The fourth-order valence-corrected chi connectivity index (χ4v) is 5.42. The summed E-state index contributed by atoms with van der Waals surface area (Å²) in [6.07, 6.45) is 4.08. The van der Waals surface area contributed by atoms with E-state index >= 15 is 0 Å². The number of nitrogens with one attached hydrogen (secondary N) is 1. The Morgan fingerprint density at radius 2 is 1.81 bits per heavy atom. The van der Waals surface area contributed by atoms with Crippen molar-refractivity contribution < 1.29 is 13.2 Å². The molecule has 8 nitrogen and oxygen atoms in total. The van der Waals surface area contributed by atoms with Crippen molar-refractivity contribution in [2.45, 2.75) is 44.6 Å². The van der Waals surface area contributed by atoms with Gasteiger partial charge in [0.05, 0.1) is 22.1 Å². The molecule has 1 N–H and O–H groups in total. The molecule has 3 aromatic rings. The van der Waals surface area contributed by atoms with Gasteiger partial charge in [0.1, 0.15) is 6.54 Å². The summed E-state index contributed by atoms with van der Waals surface area (Å²) in [5.74, 6) is -0.434. The second kappa shape index (κ2) is 8.84. The summed E-state index contributed by atoms with van der Waals surface area (Å²) < 4.78 is 28.7.